The van der Waals surface area contributed by atoms with E-state index in [0.29, 0.717) is 17.1 Å². The Morgan fingerprint density at radius 2 is 1.94 bits per heavy atom. The van der Waals surface area contributed by atoms with Crippen molar-refractivity contribution in [2.45, 2.75) is 18.0 Å². The molecule has 0 unspecified atom stereocenters. The Bertz CT molecular complexity index is 1170. The second-order valence-corrected chi connectivity index (χ2v) is 7.86. The number of imidazole rings is 1. The van der Waals surface area contributed by atoms with Crippen molar-refractivity contribution in [2.24, 2.45) is 12.8 Å². The fourth-order valence-electron chi connectivity index (χ4n) is 2.85. The minimum atomic E-state index is -4.67. The molecule has 2 heterocycles. The number of thioether (sulfide) groups is 1. The third-order valence-corrected chi connectivity index (χ3v) is 5.41. The first kappa shape index (κ1) is 22.2. The van der Waals surface area contributed by atoms with Crippen LogP contribution in [0.1, 0.15) is 18.2 Å². The number of anilines is 1. The molecule has 0 bridgehead atoms. The molecule has 0 aliphatic heterocycles. The van der Waals surface area contributed by atoms with E-state index < -0.39 is 11.9 Å². The van der Waals surface area contributed by atoms with Gasteiger partial charge in [-0.1, -0.05) is 19.1 Å². The van der Waals surface area contributed by atoms with Crippen molar-refractivity contribution in [3.63, 3.8) is 0 Å². The molecule has 0 aliphatic carbocycles. The predicted octanol–water partition coefficient (Wildman–Crippen LogP) is 4.58. The molecule has 6 nitrogen and oxygen atoms in total. The van der Waals surface area contributed by atoms with Gasteiger partial charge in [0.2, 0.25) is 0 Å². The number of pyridine rings is 1. The van der Waals surface area contributed by atoms with Crippen LogP contribution in [0.25, 0.3) is 28.7 Å². The summed E-state index contributed by atoms with van der Waals surface area (Å²) < 4.78 is 39.9. The standard InChI is InChI=1S/C21H19F3N6S/c1-3-31-16-8-14(13-6-4-12(10-25)5-7-13)11-28-18(16)20-29-15(19(27)30(20)2)9-17(26)21(22,23)24/h4-9,11H,3,26-27H2,1-2H3/b17-9-. The highest BCUT2D eigenvalue weighted by molar-refractivity contribution is 7.99. The van der Waals surface area contributed by atoms with E-state index in [1.165, 1.54) is 16.3 Å². The Hall–Kier alpha value is -3.45. The second-order valence-electron chi connectivity index (χ2n) is 6.56. The van der Waals surface area contributed by atoms with Crippen LogP contribution >= 0.6 is 11.8 Å². The highest BCUT2D eigenvalue weighted by Gasteiger charge is 2.32. The molecule has 160 valence electrons. The Kier molecular flexibility index (Phi) is 6.27. The van der Waals surface area contributed by atoms with Crippen molar-refractivity contribution in [3.05, 3.63) is 53.5 Å². The third-order valence-electron chi connectivity index (χ3n) is 4.50. The van der Waals surface area contributed by atoms with Gasteiger partial charge in [-0.3, -0.25) is 4.98 Å². The molecule has 0 amide bonds. The summed E-state index contributed by atoms with van der Waals surface area (Å²) in [5.41, 5.74) is 12.5. The average molecular weight is 444 g/mol. The van der Waals surface area contributed by atoms with Crippen LogP contribution in [0.15, 0.2) is 47.1 Å². The van der Waals surface area contributed by atoms with E-state index in [0.717, 1.165) is 27.9 Å². The van der Waals surface area contributed by atoms with E-state index >= 15 is 0 Å². The van der Waals surface area contributed by atoms with Crippen molar-refractivity contribution in [1.82, 2.24) is 14.5 Å². The number of rotatable bonds is 5. The van der Waals surface area contributed by atoms with Gasteiger partial charge in [0.1, 0.15) is 22.9 Å². The lowest BCUT2D eigenvalue weighted by molar-refractivity contribution is -0.0916. The van der Waals surface area contributed by atoms with E-state index in [-0.39, 0.29) is 11.5 Å². The molecular weight excluding hydrogens is 425 g/mol. The monoisotopic (exact) mass is 444 g/mol. The van der Waals surface area contributed by atoms with Crippen LogP contribution in [0, 0.1) is 11.3 Å². The quantitative estimate of drug-likeness (QED) is 0.558. The van der Waals surface area contributed by atoms with Crippen molar-refractivity contribution in [1.29, 1.82) is 5.26 Å². The minimum absolute atomic E-state index is 0.0487. The average Bonchev–Trinajstić information content (AvgIpc) is 3.01. The molecule has 1 aromatic carbocycles. The van der Waals surface area contributed by atoms with Crippen molar-refractivity contribution >= 4 is 23.7 Å². The zero-order valence-corrected chi connectivity index (χ0v) is 17.6. The molecule has 0 aliphatic rings. The number of halogens is 3. The lowest BCUT2D eigenvalue weighted by Crippen LogP contribution is -2.19. The maximum Gasteiger partial charge on any atom is 0.430 e. The van der Waals surface area contributed by atoms with Crippen molar-refractivity contribution in [2.75, 3.05) is 11.5 Å². The van der Waals surface area contributed by atoms with Gasteiger partial charge in [0, 0.05) is 23.7 Å². The van der Waals surface area contributed by atoms with Crippen LogP contribution in [0.5, 0.6) is 0 Å². The summed E-state index contributed by atoms with van der Waals surface area (Å²) in [5, 5.41) is 8.97. The Balaban J connectivity index is 2.08. The maximum atomic E-state index is 12.8. The first-order valence-corrected chi connectivity index (χ1v) is 10.1. The predicted molar refractivity (Wildman–Crippen MR) is 116 cm³/mol. The normalized spacial score (nSPS) is 12.1. The lowest BCUT2D eigenvalue weighted by Gasteiger charge is -2.10. The highest BCUT2D eigenvalue weighted by atomic mass is 32.2. The summed E-state index contributed by atoms with van der Waals surface area (Å²) >= 11 is 1.53. The number of nitrogen functional groups attached to an aromatic ring is 1. The number of alkyl halides is 3. The Labute approximate surface area is 181 Å². The number of aromatic nitrogens is 3. The van der Waals surface area contributed by atoms with Gasteiger partial charge in [0.25, 0.3) is 0 Å². The van der Waals surface area contributed by atoms with E-state index in [1.807, 2.05) is 25.1 Å². The zero-order chi connectivity index (χ0) is 22.8. The molecule has 2 aromatic heterocycles. The van der Waals surface area contributed by atoms with Crippen molar-refractivity contribution in [3.8, 4) is 28.7 Å². The lowest BCUT2D eigenvalue weighted by atomic mass is 10.1. The fourth-order valence-corrected chi connectivity index (χ4v) is 3.65. The van der Waals surface area contributed by atoms with Crippen LogP contribution in [0.2, 0.25) is 0 Å². The number of hydrogen-bond donors (Lipinski definition) is 2. The largest absolute Gasteiger partial charge is 0.430 e. The van der Waals surface area contributed by atoms with Crippen LogP contribution in [-0.4, -0.2) is 26.5 Å². The van der Waals surface area contributed by atoms with Gasteiger partial charge in [0.15, 0.2) is 5.82 Å². The highest BCUT2D eigenvalue weighted by Crippen LogP contribution is 2.35. The van der Waals surface area contributed by atoms with Gasteiger partial charge >= 0.3 is 6.18 Å². The molecule has 0 saturated carbocycles. The van der Waals surface area contributed by atoms with E-state index in [4.69, 9.17) is 16.7 Å². The molecule has 0 fully saturated rings. The smallest absolute Gasteiger partial charge is 0.395 e. The van der Waals surface area contributed by atoms with E-state index in [1.54, 1.807) is 25.4 Å². The number of nitrogens with zero attached hydrogens (tertiary/aromatic N) is 4. The van der Waals surface area contributed by atoms with E-state index in [2.05, 4.69) is 16.0 Å². The maximum absolute atomic E-state index is 12.8. The number of allylic oxidation sites excluding steroid dienone is 1. The number of nitriles is 1. The topological polar surface area (TPSA) is 107 Å². The molecule has 4 N–H and O–H groups in total. The molecule has 0 atom stereocenters. The summed E-state index contributed by atoms with van der Waals surface area (Å²) in [6.45, 7) is 1.98. The van der Waals surface area contributed by atoms with Gasteiger partial charge in [-0.25, -0.2) is 4.98 Å². The van der Waals surface area contributed by atoms with Gasteiger partial charge in [0.05, 0.1) is 11.6 Å². The number of hydrogen-bond acceptors (Lipinski definition) is 6. The van der Waals surface area contributed by atoms with Gasteiger partial charge in [-0.15, -0.1) is 11.8 Å². The summed E-state index contributed by atoms with van der Waals surface area (Å²) in [7, 11) is 1.61. The molecule has 0 spiro atoms. The SMILES string of the molecule is CCSc1cc(-c2ccc(C#N)cc2)cnc1-c1nc(/C=C(\N)C(F)(F)F)c(N)n1C. The number of nitrogens with two attached hydrogens (primary N) is 2. The molecule has 10 heteroatoms. The van der Waals surface area contributed by atoms with Gasteiger partial charge in [-0.2, -0.15) is 18.4 Å². The molecule has 3 rings (SSSR count). The third kappa shape index (κ3) is 4.67. The molecule has 3 aromatic rings. The summed E-state index contributed by atoms with van der Waals surface area (Å²) in [6, 6.07) is 11.1. The zero-order valence-electron chi connectivity index (χ0n) is 16.7. The minimum Gasteiger partial charge on any atom is -0.395 e. The fraction of sp³-hybridized carbons (Fsp3) is 0.190. The van der Waals surface area contributed by atoms with Crippen LogP contribution in [0.4, 0.5) is 19.0 Å². The summed E-state index contributed by atoms with van der Waals surface area (Å²) in [6.07, 6.45) is -2.30. The molecule has 31 heavy (non-hydrogen) atoms. The number of benzene rings is 1. The van der Waals surface area contributed by atoms with E-state index in [9.17, 15) is 13.2 Å². The van der Waals surface area contributed by atoms with Crippen LogP contribution in [-0.2, 0) is 7.05 Å². The second kappa shape index (κ2) is 8.73. The van der Waals surface area contributed by atoms with Crippen molar-refractivity contribution < 1.29 is 13.2 Å². The van der Waals surface area contributed by atoms with Gasteiger partial charge < -0.3 is 16.0 Å². The van der Waals surface area contributed by atoms with Crippen LogP contribution < -0.4 is 11.5 Å². The first-order valence-electron chi connectivity index (χ1n) is 9.16. The summed E-state index contributed by atoms with van der Waals surface area (Å²) in [4.78, 5) is 9.60. The Morgan fingerprint density at radius 1 is 1.26 bits per heavy atom. The molecule has 0 radical (unpaired) electrons. The molecule has 0 saturated heterocycles. The first-order chi connectivity index (χ1) is 14.7. The molecular formula is C21H19F3N6S. The van der Waals surface area contributed by atoms with Crippen LogP contribution in [0.3, 0.4) is 0 Å². The van der Waals surface area contributed by atoms with Gasteiger partial charge in [-0.05, 0) is 35.6 Å². The summed E-state index contributed by atoms with van der Waals surface area (Å²) in [5.74, 6) is 1.13. The Morgan fingerprint density at radius 3 is 2.52 bits per heavy atom.